The Bertz CT molecular complexity index is 436. The number of amides is 1. The number of nitrogens with one attached hydrogen (secondary N) is 1. The molecule has 0 aliphatic heterocycles. The molecule has 22 heavy (non-hydrogen) atoms. The Morgan fingerprint density at radius 3 is 2.36 bits per heavy atom. The van der Waals surface area contributed by atoms with E-state index in [1.807, 2.05) is 23.1 Å². The van der Waals surface area contributed by atoms with E-state index in [0.717, 1.165) is 0 Å². The van der Waals surface area contributed by atoms with Gasteiger partial charge in [-0.1, -0.05) is 56.0 Å². The molecule has 122 valence electrons. The fourth-order valence-electron chi connectivity index (χ4n) is 3.16. The van der Waals surface area contributed by atoms with Crippen LogP contribution in [0.5, 0.6) is 0 Å². The molecule has 0 heterocycles. The molecule has 0 bridgehead atoms. The first-order valence-electron chi connectivity index (χ1n) is 8.73. The van der Waals surface area contributed by atoms with Crippen LogP contribution in [-0.2, 0) is 11.3 Å². The molecule has 1 aliphatic carbocycles. The van der Waals surface area contributed by atoms with E-state index in [1.165, 1.54) is 44.1 Å². The number of benzene rings is 1. The van der Waals surface area contributed by atoms with E-state index < -0.39 is 0 Å². The smallest absolute Gasteiger partial charge is 0.237 e. The lowest BCUT2D eigenvalue weighted by Crippen LogP contribution is -2.44. The standard InChI is InChI=1S/C19H30N2O/c1-16(2)21(15-17-10-6-5-7-11-17)19(22)14-20-18-12-8-3-4-9-13-18/h5-7,10-11,16,18,20H,3-4,8-9,12-15H2,1-2H3. The molecule has 1 amide bonds. The van der Waals surface area contributed by atoms with E-state index in [2.05, 4.69) is 31.3 Å². The summed E-state index contributed by atoms with van der Waals surface area (Å²) in [4.78, 5) is 14.6. The first kappa shape index (κ1) is 17.0. The van der Waals surface area contributed by atoms with Gasteiger partial charge in [-0.05, 0) is 32.3 Å². The average molecular weight is 302 g/mol. The van der Waals surface area contributed by atoms with E-state index in [9.17, 15) is 4.79 Å². The number of hydrogen-bond donors (Lipinski definition) is 1. The summed E-state index contributed by atoms with van der Waals surface area (Å²) in [5.41, 5.74) is 1.19. The Labute approximate surface area is 135 Å². The van der Waals surface area contributed by atoms with Crippen molar-refractivity contribution in [3.05, 3.63) is 35.9 Å². The molecule has 0 unspecified atom stereocenters. The second-order valence-corrected chi connectivity index (χ2v) is 6.67. The van der Waals surface area contributed by atoms with E-state index in [-0.39, 0.29) is 11.9 Å². The van der Waals surface area contributed by atoms with Crippen molar-refractivity contribution in [1.82, 2.24) is 10.2 Å². The zero-order valence-corrected chi connectivity index (χ0v) is 14.1. The molecule has 1 saturated carbocycles. The third kappa shape index (κ3) is 5.45. The number of hydrogen-bond acceptors (Lipinski definition) is 2. The highest BCUT2D eigenvalue weighted by Crippen LogP contribution is 2.17. The number of carbonyl (C=O) groups is 1. The van der Waals surface area contributed by atoms with Crippen molar-refractivity contribution in [2.45, 2.75) is 71.0 Å². The van der Waals surface area contributed by atoms with Crippen LogP contribution in [0.25, 0.3) is 0 Å². The minimum atomic E-state index is 0.211. The van der Waals surface area contributed by atoms with Crippen LogP contribution in [0.3, 0.4) is 0 Å². The Morgan fingerprint density at radius 1 is 1.14 bits per heavy atom. The molecule has 3 nitrogen and oxygen atoms in total. The molecular formula is C19H30N2O. The van der Waals surface area contributed by atoms with E-state index >= 15 is 0 Å². The Balaban J connectivity index is 1.86. The molecule has 0 aromatic heterocycles. The molecule has 0 atom stereocenters. The molecule has 2 rings (SSSR count). The SMILES string of the molecule is CC(C)N(Cc1ccccc1)C(=O)CNC1CCCCCC1. The van der Waals surface area contributed by atoms with Gasteiger partial charge in [0, 0.05) is 18.6 Å². The van der Waals surface area contributed by atoms with Gasteiger partial charge in [0.05, 0.1) is 6.54 Å². The molecule has 0 radical (unpaired) electrons. The van der Waals surface area contributed by atoms with Crippen LogP contribution < -0.4 is 5.32 Å². The summed E-state index contributed by atoms with van der Waals surface area (Å²) in [7, 11) is 0. The van der Waals surface area contributed by atoms with Crippen LogP contribution in [0.2, 0.25) is 0 Å². The minimum Gasteiger partial charge on any atom is -0.335 e. The van der Waals surface area contributed by atoms with Crippen LogP contribution in [0.1, 0.15) is 57.9 Å². The average Bonchev–Trinajstić information content (AvgIpc) is 2.80. The van der Waals surface area contributed by atoms with E-state index in [1.54, 1.807) is 0 Å². The van der Waals surface area contributed by atoms with Gasteiger partial charge in [-0.25, -0.2) is 0 Å². The van der Waals surface area contributed by atoms with Gasteiger partial charge >= 0.3 is 0 Å². The second kappa shape index (κ2) is 8.94. The number of carbonyl (C=O) groups excluding carboxylic acids is 1. The largest absolute Gasteiger partial charge is 0.335 e. The van der Waals surface area contributed by atoms with Gasteiger partial charge in [0.15, 0.2) is 0 Å². The molecule has 1 fully saturated rings. The third-order valence-electron chi connectivity index (χ3n) is 4.54. The lowest BCUT2D eigenvalue weighted by Gasteiger charge is -2.28. The summed E-state index contributed by atoms with van der Waals surface area (Å²) in [6.07, 6.45) is 7.71. The van der Waals surface area contributed by atoms with Crippen LogP contribution in [0, 0.1) is 0 Å². The first-order valence-corrected chi connectivity index (χ1v) is 8.73. The summed E-state index contributed by atoms with van der Waals surface area (Å²) in [6, 6.07) is 11.0. The summed E-state index contributed by atoms with van der Waals surface area (Å²) in [5, 5.41) is 3.49. The van der Waals surface area contributed by atoms with Crippen molar-refractivity contribution < 1.29 is 4.79 Å². The van der Waals surface area contributed by atoms with E-state index in [4.69, 9.17) is 0 Å². The summed E-state index contributed by atoms with van der Waals surface area (Å²) < 4.78 is 0. The molecule has 1 aromatic rings. The normalized spacial score (nSPS) is 16.5. The third-order valence-corrected chi connectivity index (χ3v) is 4.54. The zero-order chi connectivity index (χ0) is 15.8. The van der Waals surface area contributed by atoms with Crippen LogP contribution in [0.4, 0.5) is 0 Å². The van der Waals surface area contributed by atoms with Crippen molar-refractivity contribution >= 4 is 5.91 Å². The van der Waals surface area contributed by atoms with E-state index in [0.29, 0.717) is 19.1 Å². The highest BCUT2D eigenvalue weighted by molar-refractivity contribution is 5.78. The molecule has 0 saturated heterocycles. The number of rotatable bonds is 6. The van der Waals surface area contributed by atoms with Gasteiger partial charge in [0.1, 0.15) is 0 Å². The molecule has 1 aromatic carbocycles. The molecule has 1 aliphatic rings. The maximum atomic E-state index is 12.6. The molecule has 1 N–H and O–H groups in total. The zero-order valence-electron chi connectivity index (χ0n) is 14.1. The second-order valence-electron chi connectivity index (χ2n) is 6.67. The topological polar surface area (TPSA) is 32.3 Å². The molecule has 0 spiro atoms. The van der Waals surface area contributed by atoms with Crippen molar-refractivity contribution in [3.63, 3.8) is 0 Å². The monoisotopic (exact) mass is 302 g/mol. The van der Waals surface area contributed by atoms with Gasteiger partial charge in [-0.3, -0.25) is 4.79 Å². The van der Waals surface area contributed by atoms with Gasteiger partial charge in [-0.2, -0.15) is 0 Å². The first-order chi connectivity index (χ1) is 10.7. The summed E-state index contributed by atoms with van der Waals surface area (Å²) in [5.74, 6) is 0.211. The lowest BCUT2D eigenvalue weighted by atomic mass is 10.1. The maximum Gasteiger partial charge on any atom is 0.237 e. The maximum absolute atomic E-state index is 12.6. The van der Waals surface area contributed by atoms with Crippen LogP contribution in [-0.4, -0.2) is 29.4 Å². The fourth-order valence-corrected chi connectivity index (χ4v) is 3.16. The van der Waals surface area contributed by atoms with Crippen molar-refractivity contribution in [2.24, 2.45) is 0 Å². The van der Waals surface area contributed by atoms with Crippen molar-refractivity contribution in [2.75, 3.05) is 6.54 Å². The van der Waals surface area contributed by atoms with Gasteiger partial charge in [0.2, 0.25) is 5.91 Å². The fraction of sp³-hybridized carbons (Fsp3) is 0.632. The summed E-state index contributed by atoms with van der Waals surface area (Å²) >= 11 is 0. The predicted octanol–water partition coefficient (Wildman–Crippen LogP) is 3.74. The number of nitrogens with zero attached hydrogens (tertiary/aromatic N) is 1. The van der Waals surface area contributed by atoms with Gasteiger partial charge < -0.3 is 10.2 Å². The minimum absolute atomic E-state index is 0.211. The highest BCUT2D eigenvalue weighted by Gasteiger charge is 2.19. The van der Waals surface area contributed by atoms with Crippen molar-refractivity contribution in [3.8, 4) is 0 Å². The Kier molecular flexibility index (Phi) is 6.91. The van der Waals surface area contributed by atoms with Gasteiger partial charge in [0.25, 0.3) is 0 Å². The Hall–Kier alpha value is -1.35. The Morgan fingerprint density at radius 2 is 1.77 bits per heavy atom. The van der Waals surface area contributed by atoms with Crippen molar-refractivity contribution in [1.29, 1.82) is 0 Å². The van der Waals surface area contributed by atoms with Gasteiger partial charge in [-0.15, -0.1) is 0 Å². The lowest BCUT2D eigenvalue weighted by molar-refractivity contribution is -0.132. The molecular weight excluding hydrogens is 272 g/mol. The quantitative estimate of drug-likeness (QED) is 0.812. The summed E-state index contributed by atoms with van der Waals surface area (Å²) in [6.45, 7) is 5.35. The van der Waals surface area contributed by atoms with Crippen LogP contribution in [0.15, 0.2) is 30.3 Å². The van der Waals surface area contributed by atoms with Crippen LogP contribution >= 0.6 is 0 Å². The molecule has 3 heteroatoms. The highest BCUT2D eigenvalue weighted by atomic mass is 16.2. The predicted molar refractivity (Wildman–Crippen MR) is 91.6 cm³/mol.